The minimum absolute atomic E-state index is 0.0226. The van der Waals surface area contributed by atoms with Gasteiger partial charge in [-0.3, -0.25) is 10.00 Å². The van der Waals surface area contributed by atoms with Crippen LogP contribution in [-0.4, -0.2) is 15.8 Å². The van der Waals surface area contributed by atoms with Crippen molar-refractivity contribution in [3.05, 3.63) is 41.1 Å². The molecule has 0 unspecified atom stereocenters. The standard InChI is InChI=1S/C14H12F6N4O/c1-7-3-11(23-24(7)2)22-12(25)21-10-5-8(13(15,16)17)4-9(6-10)14(18,19)20/h3-6H,1-2H3,(H2,21,22,23,25). The van der Waals surface area contributed by atoms with Gasteiger partial charge in [-0.25, -0.2) is 4.79 Å². The Labute approximate surface area is 137 Å². The van der Waals surface area contributed by atoms with Crippen molar-refractivity contribution < 1.29 is 31.1 Å². The number of hydrogen-bond acceptors (Lipinski definition) is 2. The molecule has 2 amide bonds. The van der Waals surface area contributed by atoms with Crippen molar-refractivity contribution in [3.63, 3.8) is 0 Å². The number of amides is 2. The number of urea groups is 1. The van der Waals surface area contributed by atoms with Gasteiger partial charge in [0.2, 0.25) is 0 Å². The minimum Gasteiger partial charge on any atom is -0.308 e. The molecule has 0 aliphatic carbocycles. The fourth-order valence-electron chi connectivity index (χ4n) is 1.93. The second-order valence-electron chi connectivity index (χ2n) is 5.17. The lowest BCUT2D eigenvalue weighted by Crippen LogP contribution is -2.21. The summed E-state index contributed by atoms with van der Waals surface area (Å²) in [6, 6.07) is 1.26. The average molecular weight is 366 g/mol. The molecule has 1 aromatic carbocycles. The maximum absolute atomic E-state index is 12.8. The predicted octanol–water partition coefficient (Wildman–Crippen LogP) is 4.41. The van der Waals surface area contributed by atoms with Crippen LogP contribution < -0.4 is 10.6 Å². The van der Waals surface area contributed by atoms with Gasteiger partial charge < -0.3 is 5.32 Å². The third-order valence-corrected chi connectivity index (χ3v) is 3.20. The number of aryl methyl sites for hydroxylation is 2. The monoisotopic (exact) mass is 366 g/mol. The lowest BCUT2D eigenvalue weighted by Gasteiger charge is -2.14. The summed E-state index contributed by atoms with van der Waals surface area (Å²) in [5, 5.41) is 8.06. The van der Waals surface area contributed by atoms with Crippen molar-refractivity contribution in [2.45, 2.75) is 19.3 Å². The summed E-state index contributed by atoms with van der Waals surface area (Å²) >= 11 is 0. The van der Waals surface area contributed by atoms with Crippen molar-refractivity contribution >= 4 is 17.5 Å². The van der Waals surface area contributed by atoms with Crippen LogP contribution in [0.2, 0.25) is 0 Å². The van der Waals surface area contributed by atoms with E-state index >= 15 is 0 Å². The summed E-state index contributed by atoms with van der Waals surface area (Å²) in [6.07, 6.45) is -9.99. The Kier molecular flexibility index (Phi) is 4.69. The van der Waals surface area contributed by atoms with E-state index in [-0.39, 0.29) is 11.9 Å². The quantitative estimate of drug-likeness (QED) is 0.774. The summed E-state index contributed by atoms with van der Waals surface area (Å²) in [7, 11) is 1.60. The molecule has 0 aliphatic heterocycles. The molecule has 2 N–H and O–H groups in total. The number of rotatable bonds is 2. The Morgan fingerprint density at radius 2 is 1.48 bits per heavy atom. The van der Waals surface area contributed by atoms with Crippen LogP contribution in [0.3, 0.4) is 0 Å². The molecule has 0 aliphatic rings. The summed E-state index contributed by atoms with van der Waals surface area (Å²) in [6.45, 7) is 1.69. The molecule has 0 radical (unpaired) electrons. The van der Waals surface area contributed by atoms with Crippen LogP contribution in [0.4, 0.5) is 42.6 Å². The maximum atomic E-state index is 12.8. The highest BCUT2D eigenvalue weighted by molar-refractivity contribution is 5.99. The molecule has 1 aromatic heterocycles. The topological polar surface area (TPSA) is 59.0 Å². The van der Waals surface area contributed by atoms with Crippen LogP contribution >= 0.6 is 0 Å². The van der Waals surface area contributed by atoms with Gasteiger partial charge in [-0.2, -0.15) is 31.4 Å². The maximum Gasteiger partial charge on any atom is 0.416 e. The number of hydrogen-bond donors (Lipinski definition) is 2. The number of carbonyl (C=O) groups excluding carboxylic acids is 1. The average Bonchev–Trinajstić information content (AvgIpc) is 2.74. The largest absolute Gasteiger partial charge is 0.416 e. The second kappa shape index (κ2) is 6.30. The Morgan fingerprint density at radius 1 is 0.960 bits per heavy atom. The van der Waals surface area contributed by atoms with Crippen molar-refractivity contribution in [1.29, 1.82) is 0 Å². The summed E-state index contributed by atoms with van der Waals surface area (Å²) in [5.74, 6) is 0.0977. The molecule has 2 rings (SSSR count). The third kappa shape index (κ3) is 4.64. The molecular formula is C14H12F6N4O. The summed E-state index contributed by atoms with van der Waals surface area (Å²) in [5.41, 5.74) is -3.00. The number of alkyl halides is 6. The number of aromatic nitrogens is 2. The Morgan fingerprint density at radius 3 is 1.88 bits per heavy atom. The molecule has 0 atom stereocenters. The van der Waals surface area contributed by atoms with Gasteiger partial charge >= 0.3 is 18.4 Å². The first-order valence-electron chi connectivity index (χ1n) is 6.74. The number of nitrogens with zero attached hydrogens (tertiary/aromatic N) is 2. The lowest BCUT2D eigenvalue weighted by atomic mass is 10.1. The molecular weight excluding hydrogens is 354 g/mol. The second-order valence-corrected chi connectivity index (χ2v) is 5.17. The first-order valence-corrected chi connectivity index (χ1v) is 6.74. The van der Waals surface area contributed by atoms with E-state index in [1.54, 1.807) is 14.0 Å². The molecule has 0 fully saturated rings. The zero-order valence-corrected chi connectivity index (χ0v) is 12.9. The molecule has 0 spiro atoms. The van der Waals surface area contributed by atoms with Crippen molar-refractivity contribution in [2.75, 3.05) is 10.6 Å². The number of benzene rings is 1. The number of carbonyl (C=O) groups is 1. The van der Waals surface area contributed by atoms with Crippen molar-refractivity contribution in [2.24, 2.45) is 7.05 Å². The van der Waals surface area contributed by atoms with E-state index < -0.39 is 35.2 Å². The van der Waals surface area contributed by atoms with E-state index in [1.165, 1.54) is 10.7 Å². The van der Waals surface area contributed by atoms with Crippen LogP contribution in [0, 0.1) is 6.92 Å². The van der Waals surface area contributed by atoms with Crippen molar-refractivity contribution in [1.82, 2.24) is 9.78 Å². The Hall–Kier alpha value is -2.72. The van der Waals surface area contributed by atoms with Crippen LogP contribution in [0.5, 0.6) is 0 Å². The first-order chi connectivity index (χ1) is 11.4. The van der Waals surface area contributed by atoms with Gasteiger partial charge in [-0.05, 0) is 25.1 Å². The van der Waals surface area contributed by atoms with Crippen molar-refractivity contribution in [3.8, 4) is 0 Å². The highest BCUT2D eigenvalue weighted by Gasteiger charge is 2.37. The fourth-order valence-corrected chi connectivity index (χ4v) is 1.93. The fraction of sp³-hybridized carbons (Fsp3) is 0.286. The van der Waals surface area contributed by atoms with E-state index in [9.17, 15) is 31.1 Å². The molecule has 0 saturated heterocycles. The molecule has 11 heteroatoms. The van der Waals surface area contributed by atoms with Crippen LogP contribution in [0.1, 0.15) is 16.8 Å². The molecule has 2 aromatic rings. The molecule has 0 bridgehead atoms. The Balaban J connectivity index is 2.27. The van der Waals surface area contributed by atoms with E-state index in [0.717, 1.165) is 0 Å². The molecule has 136 valence electrons. The van der Waals surface area contributed by atoms with Gasteiger partial charge in [-0.15, -0.1) is 0 Å². The minimum atomic E-state index is -4.99. The number of halogens is 6. The molecule has 5 nitrogen and oxygen atoms in total. The van der Waals surface area contributed by atoms with Crippen LogP contribution in [0.25, 0.3) is 0 Å². The van der Waals surface area contributed by atoms with E-state index in [2.05, 4.69) is 10.4 Å². The number of anilines is 2. The zero-order chi connectivity index (χ0) is 19.0. The van der Waals surface area contributed by atoms with Gasteiger partial charge in [0, 0.05) is 24.5 Å². The van der Waals surface area contributed by atoms with Gasteiger partial charge in [-0.1, -0.05) is 0 Å². The Bertz CT molecular complexity index is 742. The molecule has 0 saturated carbocycles. The summed E-state index contributed by atoms with van der Waals surface area (Å²) < 4.78 is 78.0. The van der Waals surface area contributed by atoms with Crippen LogP contribution in [-0.2, 0) is 19.4 Å². The van der Waals surface area contributed by atoms with Gasteiger partial charge in [0.05, 0.1) is 11.1 Å². The normalized spacial score (nSPS) is 12.2. The number of nitrogens with one attached hydrogen (secondary N) is 2. The van der Waals surface area contributed by atoms with Crippen LogP contribution in [0.15, 0.2) is 24.3 Å². The zero-order valence-electron chi connectivity index (χ0n) is 12.9. The molecule has 1 heterocycles. The first kappa shape index (κ1) is 18.6. The van der Waals surface area contributed by atoms with E-state index in [0.29, 0.717) is 17.8 Å². The highest BCUT2D eigenvalue weighted by Crippen LogP contribution is 2.37. The predicted molar refractivity (Wildman–Crippen MR) is 77.0 cm³/mol. The third-order valence-electron chi connectivity index (χ3n) is 3.20. The van der Waals surface area contributed by atoms with Gasteiger partial charge in [0.1, 0.15) is 0 Å². The lowest BCUT2D eigenvalue weighted by molar-refractivity contribution is -0.143. The van der Waals surface area contributed by atoms with Gasteiger partial charge in [0.15, 0.2) is 5.82 Å². The van der Waals surface area contributed by atoms with E-state index in [4.69, 9.17) is 0 Å². The highest BCUT2D eigenvalue weighted by atomic mass is 19.4. The van der Waals surface area contributed by atoms with Gasteiger partial charge in [0.25, 0.3) is 0 Å². The smallest absolute Gasteiger partial charge is 0.308 e. The van der Waals surface area contributed by atoms with E-state index in [1.807, 2.05) is 5.32 Å². The molecule has 25 heavy (non-hydrogen) atoms. The SMILES string of the molecule is Cc1cc(NC(=O)Nc2cc(C(F)(F)F)cc(C(F)(F)F)c2)nn1C. The summed E-state index contributed by atoms with van der Waals surface area (Å²) in [4.78, 5) is 11.8.